The molecule has 0 unspecified atom stereocenters. The summed E-state index contributed by atoms with van der Waals surface area (Å²) in [7, 11) is 0. The number of pyridine rings is 1. The zero-order valence-electron chi connectivity index (χ0n) is 7.81. The monoisotopic (exact) mass is 191 g/mol. The van der Waals surface area contributed by atoms with E-state index in [1.54, 1.807) is 24.4 Å². The maximum atomic E-state index is 11.4. The predicted molar refractivity (Wildman–Crippen MR) is 54.8 cm³/mol. The normalized spacial score (nSPS) is 10.4. The van der Waals surface area contributed by atoms with Crippen LogP contribution in [-0.4, -0.2) is 24.0 Å². The summed E-state index contributed by atoms with van der Waals surface area (Å²) >= 11 is 0. The Morgan fingerprint density at radius 2 is 2.43 bits per heavy atom. The van der Waals surface area contributed by atoms with Crippen molar-refractivity contribution in [3.8, 4) is 0 Å². The number of amides is 1. The SMILES string of the molecule is NC/C=C/CNC(=O)c1cccnc1. The second kappa shape index (κ2) is 5.88. The van der Waals surface area contributed by atoms with Crippen LogP contribution in [0.25, 0.3) is 0 Å². The summed E-state index contributed by atoms with van der Waals surface area (Å²) in [6.07, 6.45) is 6.77. The van der Waals surface area contributed by atoms with Crippen molar-refractivity contribution in [1.29, 1.82) is 0 Å². The van der Waals surface area contributed by atoms with E-state index in [0.717, 1.165) is 0 Å². The molecule has 0 saturated carbocycles. The lowest BCUT2D eigenvalue weighted by Gasteiger charge is -2.00. The average Bonchev–Trinajstić information content (AvgIpc) is 2.25. The van der Waals surface area contributed by atoms with Crippen molar-refractivity contribution in [3.63, 3.8) is 0 Å². The van der Waals surface area contributed by atoms with Gasteiger partial charge in [0.1, 0.15) is 0 Å². The van der Waals surface area contributed by atoms with Gasteiger partial charge in [-0.1, -0.05) is 12.2 Å². The summed E-state index contributed by atoms with van der Waals surface area (Å²) in [6.45, 7) is 0.980. The van der Waals surface area contributed by atoms with E-state index in [0.29, 0.717) is 18.7 Å². The molecular weight excluding hydrogens is 178 g/mol. The fourth-order valence-electron chi connectivity index (χ4n) is 0.930. The van der Waals surface area contributed by atoms with Gasteiger partial charge < -0.3 is 11.1 Å². The molecule has 0 aliphatic rings. The van der Waals surface area contributed by atoms with Crippen molar-refractivity contribution in [1.82, 2.24) is 10.3 Å². The van der Waals surface area contributed by atoms with E-state index in [4.69, 9.17) is 5.73 Å². The topological polar surface area (TPSA) is 68.0 Å². The van der Waals surface area contributed by atoms with Crippen molar-refractivity contribution < 1.29 is 4.79 Å². The number of hydrogen-bond donors (Lipinski definition) is 2. The number of carbonyl (C=O) groups is 1. The van der Waals surface area contributed by atoms with Crippen LogP contribution in [0.1, 0.15) is 10.4 Å². The molecule has 0 fully saturated rings. The van der Waals surface area contributed by atoms with E-state index in [1.165, 1.54) is 6.20 Å². The largest absolute Gasteiger partial charge is 0.349 e. The highest BCUT2D eigenvalue weighted by molar-refractivity contribution is 5.93. The van der Waals surface area contributed by atoms with Gasteiger partial charge in [0.25, 0.3) is 5.91 Å². The third-order valence-electron chi connectivity index (χ3n) is 1.61. The van der Waals surface area contributed by atoms with Crippen LogP contribution in [0.2, 0.25) is 0 Å². The summed E-state index contributed by atoms with van der Waals surface area (Å²) in [6, 6.07) is 3.44. The van der Waals surface area contributed by atoms with Gasteiger partial charge in [0.15, 0.2) is 0 Å². The highest BCUT2D eigenvalue weighted by Gasteiger charge is 2.01. The predicted octanol–water partition coefficient (Wildman–Crippen LogP) is 0.326. The van der Waals surface area contributed by atoms with Crippen LogP contribution >= 0.6 is 0 Å². The number of rotatable bonds is 4. The van der Waals surface area contributed by atoms with Crippen molar-refractivity contribution in [2.24, 2.45) is 5.73 Å². The van der Waals surface area contributed by atoms with Crippen LogP contribution in [0.4, 0.5) is 0 Å². The second-order valence-corrected chi connectivity index (χ2v) is 2.66. The lowest BCUT2D eigenvalue weighted by atomic mass is 10.3. The highest BCUT2D eigenvalue weighted by Crippen LogP contribution is 1.94. The molecule has 1 rings (SSSR count). The van der Waals surface area contributed by atoms with E-state index in [-0.39, 0.29) is 5.91 Å². The zero-order chi connectivity index (χ0) is 10.2. The first-order chi connectivity index (χ1) is 6.84. The lowest BCUT2D eigenvalue weighted by molar-refractivity contribution is 0.0957. The van der Waals surface area contributed by atoms with Gasteiger partial charge in [-0.05, 0) is 12.1 Å². The third kappa shape index (κ3) is 3.37. The van der Waals surface area contributed by atoms with Crippen LogP contribution < -0.4 is 11.1 Å². The van der Waals surface area contributed by atoms with Crippen molar-refractivity contribution in [2.45, 2.75) is 0 Å². The number of carbonyl (C=O) groups excluding carboxylic acids is 1. The Labute approximate surface area is 82.8 Å². The summed E-state index contributed by atoms with van der Waals surface area (Å²) in [5, 5.41) is 2.71. The minimum atomic E-state index is -0.125. The summed E-state index contributed by atoms with van der Waals surface area (Å²) < 4.78 is 0. The van der Waals surface area contributed by atoms with E-state index in [2.05, 4.69) is 10.3 Å². The first-order valence-electron chi connectivity index (χ1n) is 4.38. The van der Waals surface area contributed by atoms with E-state index < -0.39 is 0 Å². The maximum Gasteiger partial charge on any atom is 0.253 e. The van der Waals surface area contributed by atoms with Crippen LogP contribution in [-0.2, 0) is 0 Å². The Morgan fingerprint density at radius 3 is 3.07 bits per heavy atom. The fourth-order valence-corrected chi connectivity index (χ4v) is 0.930. The van der Waals surface area contributed by atoms with Crippen molar-refractivity contribution in [2.75, 3.05) is 13.1 Å². The zero-order valence-corrected chi connectivity index (χ0v) is 7.81. The molecule has 0 bridgehead atoms. The number of hydrogen-bond acceptors (Lipinski definition) is 3. The smallest absolute Gasteiger partial charge is 0.253 e. The van der Waals surface area contributed by atoms with Crippen LogP contribution in [0, 0.1) is 0 Å². The summed E-state index contributed by atoms with van der Waals surface area (Å²) in [4.78, 5) is 15.2. The molecule has 4 heteroatoms. The molecule has 1 amide bonds. The quantitative estimate of drug-likeness (QED) is 0.674. The molecule has 1 aromatic rings. The van der Waals surface area contributed by atoms with Gasteiger partial charge in [-0.3, -0.25) is 9.78 Å². The molecule has 74 valence electrons. The number of nitrogens with two attached hydrogens (primary N) is 1. The molecule has 0 spiro atoms. The van der Waals surface area contributed by atoms with E-state index in [1.807, 2.05) is 6.08 Å². The van der Waals surface area contributed by atoms with Gasteiger partial charge in [0.2, 0.25) is 0 Å². The average molecular weight is 191 g/mol. The maximum absolute atomic E-state index is 11.4. The van der Waals surface area contributed by atoms with Gasteiger partial charge >= 0.3 is 0 Å². The Morgan fingerprint density at radius 1 is 1.57 bits per heavy atom. The molecule has 0 aliphatic carbocycles. The molecule has 0 radical (unpaired) electrons. The number of nitrogens with zero attached hydrogens (tertiary/aromatic N) is 1. The molecule has 14 heavy (non-hydrogen) atoms. The Bertz CT molecular complexity index is 308. The molecule has 0 atom stereocenters. The van der Waals surface area contributed by atoms with Gasteiger partial charge in [-0.25, -0.2) is 0 Å². The second-order valence-electron chi connectivity index (χ2n) is 2.66. The first kappa shape index (κ1) is 10.4. The van der Waals surface area contributed by atoms with Gasteiger partial charge in [-0.2, -0.15) is 0 Å². The Kier molecular flexibility index (Phi) is 4.37. The first-order valence-corrected chi connectivity index (χ1v) is 4.38. The van der Waals surface area contributed by atoms with Crippen LogP contribution in [0.3, 0.4) is 0 Å². The lowest BCUT2D eigenvalue weighted by Crippen LogP contribution is -2.23. The summed E-state index contributed by atoms with van der Waals surface area (Å²) in [5.74, 6) is -0.125. The van der Waals surface area contributed by atoms with Gasteiger partial charge in [0.05, 0.1) is 5.56 Å². The molecule has 4 nitrogen and oxygen atoms in total. The van der Waals surface area contributed by atoms with Gasteiger partial charge in [-0.15, -0.1) is 0 Å². The van der Waals surface area contributed by atoms with E-state index >= 15 is 0 Å². The standard InChI is InChI=1S/C10H13N3O/c11-5-1-2-7-13-10(14)9-4-3-6-12-8-9/h1-4,6,8H,5,7,11H2,(H,13,14)/b2-1+. The van der Waals surface area contributed by atoms with Crippen molar-refractivity contribution in [3.05, 3.63) is 42.2 Å². The van der Waals surface area contributed by atoms with Crippen LogP contribution in [0.5, 0.6) is 0 Å². The summed E-state index contributed by atoms with van der Waals surface area (Å²) in [5.41, 5.74) is 5.81. The third-order valence-corrected chi connectivity index (χ3v) is 1.61. The van der Waals surface area contributed by atoms with Crippen LogP contribution in [0.15, 0.2) is 36.7 Å². The minimum absolute atomic E-state index is 0.125. The molecule has 1 aromatic heterocycles. The molecule has 0 saturated heterocycles. The molecule has 0 aromatic carbocycles. The van der Waals surface area contributed by atoms with E-state index in [9.17, 15) is 4.79 Å². The van der Waals surface area contributed by atoms with Crippen molar-refractivity contribution >= 4 is 5.91 Å². The molecule has 3 N–H and O–H groups in total. The fraction of sp³-hybridized carbons (Fsp3) is 0.200. The number of nitrogens with one attached hydrogen (secondary N) is 1. The molecule has 1 heterocycles. The number of aromatic nitrogens is 1. The highest BCUT2D eigenvalue weighted by atomic mass is 16.1. The minimum Gasteiger partial charge on any atom is -0.349 e. The Balaban J connectivity index is 2.40. The molecular formula is C10H13N3O. The van der Waals surface area contributed by atoms with Gasteiger partial charge in [0, 0.05) is 25.5 Å². The molecule has 0 aliphatic heterocycles. The Hall–Kier alpha value is -1.68.